The van der Waals surface area contributed by atoms with E-state index in [9.17, 15) is 0 Å². The molecule has 4 heteroatoms. The molecule has 18 heavy (non-hydrogen) atoms. The van der Waals surface area contributed by atoms with Gasteiger partial charge in [-0.15, -0.1) is 0 Å². The second-order valence-electron chi connectivity index (χ2n) is 4.55. The Hall–Kier alpha value is -1.35. The number of hydrogen-bond donors (Lipinski definition) is 1. The first-order valence-electron chi connectivity index (χ1n) is 6.39. The minimum atomic E-state index is 0.291. The standard InChI is InChI=1S/C14H18ClN3/c1-3-4-7-10(2)16-13-11-8-5-6-9-12(11)17-14(15)18-13/h5-6,8-10H,3-4,7H2,1-2H3,(H,16,17,18). The van der Waals surface area contributed by atoms with Gasteiger partial charge < -0.3 is 5.32 Å². The van der Waals surface area contributed by atoms with E-state index in [2.05, 4.69) is 29.1 Å². The molecule has 1 heterocycles. The number of para-hydroxylation sites is 1. The van der Waals surface area contributed by atoms with Gasteiger partial charge in [0.2, 0.25) is 5.28 Å². The van der Waals surface area contributed by atoms with Crippen LogP contribution in [0.5, 0.6) is 0 Å². The van der Waals surface area contributed by atoms with E-state index in [-0.39, 0.29) is 0 Å². The lowest BCUT2D eigenvalue weighted by atomic mass is 10.1. The number of fused-ring (bicyclic) bond motifs is 1. The number of benzene rings is 1. The van der Waals surface area contributed by atoms with E-state index in [0.29, 0.717) is 11.3 Å². The fourth-order valence-corrected chi connectivity index (χ4v) is 2.15. The zero-order chi connectivity index (χ0) is 13.0. The lowest BCUT2D eigenvalue weighted by Crippen LogP contribution is -2.16. The summed E-state index contributed by atoms with van der Waals surface area (Å²) in [6.07, 6.45) is 3.55. The van der Waals surface area contributed by atoms with Crippen molar-refractivity contribution in [3.63, 3.8) is 0 Å². The molecule has 0 aliphatic carbocycles. The molecule has 0 fully saturated rings. The van der Waals surface area contributed by atoms with Crippen LogP contribution in [0.2, 0.25) is 5.28 Å². The van der Waals surface area contributed by atoms with Crippen LogP contribution in [0.1, 0.15) is 33.1 Å². The number of rotatable bonds is 5. The fraction of sp³-hybridized carbons (Fsp3) is 0.429. The van der Waals surface area contributed by atoms with Crippen molar-refractivity contribution in [2.75, 3.05) is 5.32 Å². The maximum Gasteiger partial charge on any atom is 0.224 e. The molecule has 1 aromatic carbocycles. The van der Waals surface area contributed by atoms with Gasteiger partial charge in [0.25, 0.3) is 0 Å². The summed E-state index contributed by atoms with van der Waals surface area (Å²) in [5, 5.41) is 4.73. The van der Waals surface area contributed by atoms with Crippen LogP contribution in [-0.4, -0.2) is 16.0 Å². The van der Waals surface area contributed by atoms with Crippen LogP contribution in [-0.2, 0) is 0 Å². The summed E-state index contributed by atoms with van der Waals surface area (Å²) in [5.41, 5.74) is 0.877. The summed E-state index contributed by atoms with van der Waals surface area (Å²) in [4.78, 5) is 8.51. The van der Waals surface area contributed by atoms with E-state index >= 15 is 0 Å². The van der Waals surface area contributed by atoms with Gasteiger partial charge in [0.1, 0.15) is 5.82 Å². The molecule has 0 aliphatic rings. The molecule has 0 saturated heterocycles. The maximum atomic E-state index is 5.95. The molecule has 0 bridgehead atoms. The summed E-state index contributed by atoms with van der Waals surface area (Å²) >= 11 is 5.95. The third kappa shape index (κ3) is 3.10. The second-order valence-corrected chi connectivity index (χ2v) is 4.88. The molecule has 1 aromatic heterocycles. The Morgan fingerprint density at radius 2 is 2.06 bits per heavy atom. The topological polar surface area (TPSA) is 37.8 Å². The van der Waals surface area contributed by atoms with Crippen molar-refractivity contribution >= 4 is 28.3 Å². The summed E-state index contributed by atoms with van der Waals surface area (Å²) < 4.78 is 0. The molecule has 0 aliphatic heterocycles. The first-order valence-corrected chi connectivity index (χ1v) is 6.77. The summed E-state index contributed by atoms with van der Waals surface area (Å²) in [5.74, 6) is 0.828. The number of nitrogens with zero attached hydrogens (tertiary/aromatic N) is 2. The predicted octanol–water partition coefficient (Wildman–Crippen LogP) is 4.27. The molecular formula is C14H18ClN3. The second kappa shape index (κ2) is 6.01. The molecule has 0 radical (unpaired) electrons. The van der Waals surface area contributed by atoms with Crippen LogP contribution >= 0.6 is 11.6 Å². The van der Waals surface area contributed by atoms with Gasteiger partial charge in [-0.3, -0.25) is 0 Å². The largest absolute Gasteiger partial charge is 0.367 e. The van der Waals surface area contributed by atoms with E-state index < -0.39 is 0 Å². The minimum absolute atomic E-state index is 0.291. The molecule has 3 nitrogen and oxygen atoms in total. The van der Waals surface area contributed by atoms with E-state index in [1.54, 1.807) is 0 Å². The van der Waals surface area contributed by atoms with Crippen LogP contribution in [0.15, 0.2) is 24.3 Å². The van der Waals surface area contributed by atoms with Gasteiger partial charge in [-0.1, -0.05) is 31.9 Å². The molecule has 1 atom stereocenters. The number of unbranched alkanes of at least 4 members (excludes halogenated alkanes) is 1. The highest BCUT2D eigenvalue weighted by molar-refractivity contribution is 6.28. The monoisotopic (exact) mass is 263 g/mol. The molecule has 0 amide bonds. The fourth-order valence-electron chi connectivity index (χ4n) is 1.97. The SMILES string of the molecule is CCCCC(C)Nc1nc(Cl)nc2ccccc12. The van der Waals surface area contributed by atoms with Gasteiger partial charge in [-0.25, -0.2) is 9.97 Å². The van der Waals surface area contributed by atoms with Crippen molar-refractivity contribution in [1.29, 1.82) is 0 Å². The van der Waals surface area contributed by atoms with Crippen LogP contribution in [0.4, 0.5) is 5.82 Å². The third-order valence-corrected chi connectivity index (χ3v) is 3.12. The average molecular weight is 264 g/mol. The number of hydrogen-bond acceptors (Lipinski definition) is 3. The molecule has 2 aromatic rings. The van der Waals surface area contributed by atoms with Gasteiger partial charge in [-0.05, 0) is 37.1 Å². The molecular weight excluding hydrogens is 246 g/mol. The summed E-state index contributed by atoms with van der Waals surface area (Å²) in [6, 6.07) is 8.29. The first kappa shape index (κ1) is 13.1. The van der Waals surface area contributed by atoms with Crippen molar-refractivity contribution in [2.24, 2.45) is 0 Å². The lowest BCUT2D eigenvalue weighted by molar-refractivity contribution is 0.643. The van der Waals surface area contributed by atoms with Crippen LogP contribution in [0.25, 0.3) is 10.9 Å². The molecule has 2 rings (SSSR count). The smallest absolute Gasteiger partial charge is 0.224 e. The Balaban J connectivity index is 2.26. The van der Waals surface area contributed by atoms with Gasteiger partial charge in [0.05, 0.1) is 5.52 Å². The molecule has 1 N–H and O–H groups in total. The molecule has 96 valence electrons. The van der Waals surface area contributed by atoms with E-state index in [0.717, 1.165) is 23.1 Å². The van der Waals surface area contributed by atoms with Gasteiger partial charge in [-0.2, -0.15) is 0 Å². The van der Waals surface area contributed by atoms with Crippen LogP contribution in [0.3, 0.4) is 0 Å². The number of nitrogens with one attached hydrogen (secondary N) is 1. The average Bonchev–Trinajstić information content (AvgIpc) is 2.36. The van der Waals surface area contributed by atoms with E-state index in [1.807, 2.05) is 24.3 Å². The zero-order valence-electron chi connectivity index (χ0n) is 10.8. The number of halogens is 1. The summed E-state index contributed by atoms with van der Waals surface area (Å²) in [7, 11) is 0. The lowest BCUT2D eigenvalue weighted by Gasteiger charge is -2.15. The Bertz CT molecular complexity index is 527. The quantitative estimate of drug-likeness (QED) is 0.819. The first-order chi connectivity index (χ1) is 8.70. The van der Waals surface area contributed by atoms with Crippen LogP contribution in [0, 0.1) is 0 Å². The summed E-state index contributed by atoms with van der Waals surface area (Å²) in [6.45, 7) is 4.37. The van der Waals surface area contributed by atoms with Crippen molar-refractivity contribution in [3.8, 4) is 0 Å². The van der Waals surface area contributed by atoms with Crippen molar-refractivity contribution < 1.29 is 0 Å². The number of aromatic nitrogens is 2. The van der Waals surface area contributed by atoms with E-state index in [1.165, 1.54) is 12.8 Å². The molecule has 0 spiro atoms. The van der Waals surface area contributed by atoms with E-state index in [4.69, 9.17) is 11.6 Å². The molecule has 0 saturated carbocycles. The third-order valence-electron chi connectivity index (χ3n) is 2.95. The number of anilines is 1. The van der Waals surface area contributed by atoms with Crippen molar-refractivity contribution in [1.82, 2.24) is 9.97 Å². The Labute approximate surface area is 113 Å². The van der Waals surface area contributed by atoms with Gasteiger partial charge in [0.15, 0.2) is 0 Å². The van der Waals surface area contributed by atoms with Crippen LogP contribution < -0.4 is 5.32 Å². The van der Waals surface area contributed by atoms with Crippen molar-refractivity contribution in [3.05, 3.63) is 29.5 Å². The highest BCUT2D eigenvalue weighted by atomic mass is 35.5. The Kier molecular flexibility index (Phi) is 4.37. The highest BCUT2D eigenvalue weighted by Crippen LogP contribution is 2.22. The molecule has 1 unspecified atom stereocenters. The zero-order valence-corrected chi connectivity index (χ0v) is 11.5. The Morgan fingerprint density at radius 3 is 2.83 bits per heavy atom. The normalized spacial score (nSPS) is 12.6. The van der Waals surface area contributed by atoms with Gasteiger partial charge >= 0.3 is 0 Å². The minimum Gasteiger partial charge on any atom is -0.367 e. The van der Waals surface area contributed by atoms with Crippen molar-refractivity contribution in [2.45, 2.75) is 39.2 Å². The Morgan fingerprint density at radius 1 is 1.28 bits per heavy atom. The van der Waals surface area contributed by atoms with Gasteiger partial charge in [0, 0.05) is 11.4 Å². The predicted molar refractivity (Wildman–Crippen MR) is 77.2 cm³/mol. The maximum absolute atomic E-state index is 5.95. The highest BCUT2D eigenvalue weighted by Gasteiger charge is 2.08.